The summed E-state index contributed by atoms with van der Waals surface area (Å²) in [6.07, 6.45) is 0. The van der Waals surface area contributed by atoms with Crippen molar-refractivity contribution in [1.29, 1.82) is 0 Å². The van der Waals surface area contributed by atoms with Gasteiger partial charge in [-0.3, -0.25) is 14.5 Å². The maximum Gasteiger partial charge on any atom is 0.289 e. The van der Waals surface area contributed by atoms with Crippen molar-refractivity contribution in [3.63, 3.8) is 0 Å². The first kappa shape index (κ1) is 19.7. The quantitative estimate of drug-likeness (QED) is 0.640. The lowest BCUT2D eigenvalue weighted by Crippen LogP contribution is -2.51. The van der Waals surface area contributed by atoms with E-state index < -0.39 is 0 Å². The molecule has 1 aromatic heterocycles. The first-order valence-electron chi connectivity index (χ1n) is 9.60. The topological polar surface area (TPSA) is 65.8 Å². The van der Waals surface area contributed by atoms with E-state index in [1.165, 1.54) is 0 Å². The molecule has 0 atom stereocenters. The Morgan fingerprint density at radius 1 is 1.00 bits per heavy atom. The van der Waals surface area contributed by atoms with E-state index in [0.29, 0.717) is 50.6 Å². The fourth-order valence-corrected chi connectivity index (χ4v) is 3.82. The van der Waals surface area contributed by atoms with Gasteiger partial charge in [0.15, 0.2) is 5.76 Å². The van der Waals surface area contributed by atoms with Crippen molar-refractivity contribution in [2.75, 3.05) is 32.7 Å². The van der Waals surface area contributed by atoms with Gasteiger partial charge in [-0.15, -0.1) is 0 Å². The number of halogens is 1. The van der Waals surface area contributed by atoms with Crippen LogP contribution in [0, 0.1) is 0 Å². The Kier molecular flexibility index (Phi) is 5.97. The zero-order chi connectivity index (χ0) is 20.2. The number of hydrogen-bond donors (Lipinski definition) is 1. The SMILES string of the molecule is O=C(CN1CCN(C(=O)c2cc3cc(Br)ccc3o2)CC1)NCc1ccccc1. The van der Waals surface area contributed by atoms with Gasteiger partial charge in [-0.1, -0.05) is 46.3 Å². The number of rotatable bonds is 5. The van der Waals surface area contributed by atoms with Crippen LogP contribution >= 0.6 is 15.9 Å². The molecule has 1 saturated heterocycles. The molecule has 0 unspecified atom stereocenters. The lowest BCUT2D eigenvalue weighted by molar-refractivity contribution is -0.122. The van der Waals surface area contributed by atoms with Crippen molar-refractivity contribution in [2.24, 2.45) is 0 Å². The summed E-state index contributed by atoms with van der Waals surface area (Å²) < 4.78 is 6.66. The predicted octanol–water partition coefficient (Wildman–Crippen LogP) is 3.27. The molecular weight excluding hydrogens is 434 g/mol. The molecule has 0 aliphatic carbocycles. The van der Waals surface area contributed by atoms with Crippen LogP contribution in [0.1, 0.15) is 16.1 Å². The molecule has 3 aromatic rings. The molecule has 0 bridgehead atoms. The van der Waals surface area contributed by atoms with Crippen LogP contribution in [0.25, 0.3) is 11.0 Å². The Hall–Kier alpha value is -2.64. The first-order valence-corrected chi connectivity index (χ1v) is 10.4. The number of nitrogens with zero attached hydrogens (tertiary/aromatic N) is 2. The Morgan fingerprint density at radius 3 is 2.52 bits per heavy atom. The summed E-state index contributed by atoms with van der Waals surface area (Å²) >= 11 is 3.43. The van der Waals surface area contributed by atoms with Gasteiger partial charge in [-0.2, -0.15) is 0 Å². The van der Waals surface area contributed by atoms with Crippen molar-refractivity contribution in [1.82, 2.24) is 15.1 Å². The minimum Gasteiger partial charge on any atom is -0.451 e. The third-order valence-corrected chi connectivity index (χ3v) is 5.54. The maximum absolute atomic E-state index is 12.8. The highest BCUT2D eigenvalue weighted by Crippen LogP contribution is 2.24. The van der Waals surface area contributed by atoms with Crippen LogP contribution in [-0.2, 0) is 11.3 Å². The minimum atomic E-state index is -0.106. The second kappa shape index (κ2) is 8.80. The zero-order valence-corrected chi connectivity index (χ0v) is 17.5. The highest BCUT2D eigenvalue weighted by molar-refractivity contribution is 9.10. The summed E-state index contributed by atoms with van der Waals surface area (Å²) in [4.78, 5) is 28.8. The fraction of sp³-hybridized carbons (Fsp3) is 0.273. The van der Waals surface area contributed by atoms with Crippen molar-refractivity contribution >= 4 is 38.7 Å². The van der Waals surface area contributed by atoms with Crippen LogP contribution in [0.15, 0.2) is 63.5 Å². The van der Waals surface area contributed by atoms with Gasteiger partial charge in [-0.25, -0.2) is 0 Å². The summed E-state index contributed by atoms with van der Waals surface area (Å²) in [7, 11) is 0. The van der Waals surface area contributed by atoms with Gasteiger partial charge in [0.2, 0.25) is 5.91 Å². The third kappa shape index (κ3) is 4.86. The zero-order valence-electron chi connectivity index (χ0n) is 15.9. The van der Waals surface area contributed by atoms with E-state index in [9.17, 15) is 9.59 Å². The van der Waals surface area contributed by atoms with Gasteiger partial charge >= 0.3 is 0 Å². The molecule has 29 heavy (non-hydrogen) atoms. The standard InChI is InChI=1S/C22H22BrN3O3/c23-18-6-7-19-17(12-18)13-20(29-19)22(28)26-10-8-25(9-11-26)15-21(27)24-14-16-4-2-1-3-5-16/h1-7,12-13H,8-11,14-15H2,(H,24,27). The molecule has 4 rings (SSSR count). The molecular formula is C22H22BrN3O3. The lowest BCUT2D eigenvalue weighted by Gasteiger charge is -2.33. The molecule has 1 aliphatic heterocycles. The molecule has 0 spiro atoms. The second-order valence-corrected chi connectivity index (χ2v) is 8.04. The van der Waals surface area contributed by atoms with E-state index in [4.69, 9.17) is 4.42 Å². The number of furan rings is 1. The highest BCUT2D eigenvalue weighted by atomic mass is 79.9. The summed E-state index contributed by atoms with van der Waals surface area (Å²) in [5, 5.41) is 3.85. The average molecular weight is 456 g/mol. The molecule has 1 N–H and O–H groups in total. The largest absolute Gasteiger partial charge is 0.451 e. The third-order valence-electron chi connectivity index (χ3n) is 5.05. The minimum absolute atomic E-state index is 0.00325. The van der Waals surface area contributed by atoms with Gasteiger partial charge in [0.05, 0.1) is 6.54 Å². The van der Waals surface area contributed by atoms with Crippen molar-refractivity contribution in [2.45, 2.75) is 6.54 Å². The number of fused-ring (bicyclic) bond motifs is 1. The molecule has 1 fully saturated rings. The van der Waals surface area contributed by atoms with E-state index in [1.807, 2.05) is 48.5 Å². The predicted molar refractivity (Wildman–Crippen MR) is 115 cm³/mol. The van der Waals surface area contributed by atoms with Crippen molar-refractivity contribution in [3.8, 4) is 0 Å². The van der Waals surface area contributed by atoms with E-state index in [-0.39, 0.29) is 11.8 Å². The van der Waals surface area contributed by atoms with Gasteiger partial charge in [0.25, 0.3) is 5.91 Å². The number of piperazine rings is 1. The number of carbonyl (C=O) groups excluding carboxylic acids is 2. The van der Waals surface area contributed by atoms with E-state index in [0.717, 1.165) is 15.4 Å². The molecule has 2 heterocycles. The second-order valence-electron chi connectivity index (χ2n) is 7.12. The number of carbonyl (C=O) groups is 2. The Balaban J connectivity index is 1.27. The van der Waals surface area contributed by atoms with Gasteiger partial charge in [-0.05, 0) is 29.8 Å². The van der Waals surface area contributed by atoms with Gasteiger partial charge in [0.1, 0.15) is 5.58 Å². The molecule has 2 amide bonds. The molecule has 0 saturated carbocycles. The highest BCUT2D eigenvalue weighted by Gasteiger charge is 2.25. The molecule has 6 nitrogen and oxygen atoms in total. The van der Waals surface area contributed by atoms with Crippen LogP contribution in [0.2, 0.25) is 0 Å². The first-order chi connectivity index (χ1) is 14.1. The summed E-state index contributed by atoms with van der Waals surface area (Å²) in [6, 6.07) is 17.3. The van der Waals surface area contributed by atoms with Crippen LogP contribution < -0.4 is 5.32 Å². The molecule has 1 aliphatic rings. The summed E-state index contributed by atoms with van der Waals surface area (Å²) in [5.41, 5.74) is 1.78. The fourth-order valence-electron chi connectivity index (χ4n) is 3.44. The average Bonchev–Trinajstić information content (AvgIpc) is 3.16. The van der Waals surface area contributed by atoms with Gasteiger partial charge < -0.3 is 14.6 Å². The lowest BCUT2D eigenvalue weighted by atomic mass is 10.2. The van der Waals surface area contributed by atoms with Crippen LogP contribution in [0.4, 0.5) is 0 Å². The van der Waals surface area contributed by atoms with E-state index in [1.54, 1.807) is 11.0 Å². The Morgan fingerprint density at radius 2 is 1.76 bits per heavy atom. The monoisotopic (exact) mass is 455 g/mol. The van der Waals surface area contributed by atoms with Crippen LogP contribution in [0.5, 0.6) is 0 Å². The van der Waals surface area contributed by atoms with Crippen LogP contribution in [0.3, 0.4) is 0 Å². The van der Waals surface area contributed by atoms with Crippen molar-refractivity contribution in [3.05, 3.63) is 70.4 Å². The van der Waals surface area contributed by atoms with E-state index in [2.05, 4.69) is 26.1 Å². The van der Waals surface area contributed by atoms with Crippen LogP contribution in [-0.4, -0.2) is 54.3 Å². The number of benzene rings is 2. The molecule has 2 aromatic carbocycles. The molecule has 0 radical (unpaired) electrons. The van der Waals surface area contributed by atoms with Crippen molar-refractivity contribution < 1.29 is 14.0 Å². The summed E-state index contributed by atoms with van der Waals surface area (Å²) in [5.74, 6) is 0.245. The summed E-state index contributed by atoms with van der Waals surface area (Å²) in [6.45, 7) is 3.34. The normalized spacial score (nSPS) is 14.9. The maximum atomic E-state index is 12.8. The number of amides is 2. The van der Waals surface area contributed by atoms with Gasteiger partial charge in [0, 0.05) is 42.6 Å². The Bertz CT molecular complexity index is 1010. The molecule has 150 valence electrons. The number of nitrogens with one attached hydrogen (secondary N) is 1. The molecule has 7 heteroatoms. The Labute approximate surface area is 177 Å². The smallest absolute Gasteiger partial charge is 0.289 e. The number of hydrogen-bond acceptors (Lipinski definition) is 4. The van der Waals surface area contributed by atoms with E-state index >= 15 is 0 Å².